The Kier molecular flexibility index (Phi) is 19.0. The molecule has 1 rings (SSSR count). The maximum absolute atomic E-state index is 13.1. The first-order chi connectivity index (χ1) is 20.3. The van der Waals surface area contributed by atoms with Crippen molar-refractivity contribution in [1.29, 1.82) is 0 Å². The minimum absolute atomic E-state index is 0.0371. The van der Waals surface area contributed by atoms with Gasteiger partial charge in [-0.3, -0.25) is 14.4 Å². The number of allylic oxidation sites excluding steroid dienone is 2. The monoisotopic (exact) mass is 608 g/mol. The van der Waals surface area contributed by atoms with Crippen molar-refractivity contribution < 1.29 is 29.0 Å². The standard InChI is InChI=1S/C35H64N2O6/c1-8-10-11-12-13-14-15-16-17-18-19-20-21-22-23-24-30(38)37-28(9-2)25-29(33(40)41)27(3)36-32(39)31-34(4,5)26-42-35(6,7)43-31/h16-17,27-29,31H,8-15,18-26H2,1-7H3,(H,36,39)(H,37,38)(H,40,41). The first-order valence-electron chi connectivity index (χ1n) is 17.1. The summed E-state index contributed by atoms with van der Waals surface area (Å²) in [5.41, 5.74) is -0.554. The van der Waals surface area contributed by atoms with Crippen LogP contribution in [0.5, 0.6) is 0 Å². The van der Waals surface area contributed by atoms with Gasteiger partial charge in [-0.15, -0.1) is 0 Å². The number of amides is 2. The van der Waals surface area contributed by atoms with Crippen molar-refractivity contribution >= 4 is 17.8 Å². The van der Waals surface area contributed by atoms with Gasteiger partial charge in [-0.25, -0.2) is 0 Å². The second-order valence-electron chi connectivity index (χ2n) is 13.7. The molecule has 0 radical (unpaired) electrons. The van der Waals surface area contributed by atoms with Gasteiger partial charge in [0.1, 0.15) is 6.10 Å². The molecule has 0 aromatic rings. The van der Waals surface area contributed by atoms with E-state index in [0.717, 1.165) is 25.7 Å². The van der Waals surface area contributed by atoms with Gasteiger partial charge in [-0.1, -0.05) is 91.2 Å². The Morgan fingerprint density at radius 3 is 1.98 bits per heavy atom. The van der Waals surface area contributed by atoms with E-state index >= 15 is 0 Å². The summed E-state index contributed by atoms with van der Waals surface area (Å²) in [4.78, 5) is 37.9. The van der Waals surface area contributed by atoms with Gasteiger partial charge in [0.25, 0.3) is 0 Å². The molecular formula is C35H64N2O6. The molecule has 0 aromatic heterocycles. The number of carbonyl (C=O) groups excluding carboxylic acids is 2. The van der Waals surface area contributed by atoms with E-state index in [4.69, 9.17) is 9.47 Å². The molecule has 0 aromatic carbocycles. The minimum atomic E-state index is -0.995. The molecule has 1 aliphatic rings. The van der Waals surface area contributed by atoms with E-state index in [1.165, 1.54) is 57.8 Å². The van der Waals surface area contributed by atoms with Crippen LogP contribution in [0.3, 0.4) is 0 Å². The summed E-state index contributed by atoms with van der Waals surface area (Å²) < 4.78 is 11.6. The van der Waals surface area contributed by atoms with Crippen molar-refractivity contribution in [3.63, 3.8) is 0 Å². The van der Waals surface area contributed by atoms with Crippen LogP contribution in [0.25, 0.3) is 0 Å². The summed E-state index contributed by atoms with van der Waals surface area (Å²) in [6.07, 6.45) is 20.9. The van der Waals surface area contributed by atoms with Gasteiger partial charge < -0.3 is 25.2 Å². The molecule has 8 nitrogen and oxygen atoms in total. The average Bonchev–Trinajstić information content (AvgIpc) is 2.94. The number of rotatable bonds is 23. The number of carbonyl (C=O) groups is 3. The van der Waals surface area contributed by atoms with E-state index in [1.807, 2.05) is 20.8 Å². The summed E-state index contributed by atoms with van der Waals surface area (Å²) >= 11 is 0. The van der Waals surface area contributed by atoms with E-state index < -0.39 is 35.2 Å². The molecule has 0 saturated carbocycles. The number of unbranched alkanes of at least 4 members (excludes halogenated alkanes) is 11. The first kappa shape index (κ1) is 39.1. The molecule has 1 heterocycles. The first-order valence-corrected chi connectivity index (χ1v) is 17.1. The highest BCUT2D eigenvalue weighted by atomic mass is 16.7. The maximum Gasteiger partial charge on any atom is 0.308 e. The number of carboxylic acids is 1. The average molecular weight is 609 g/mol. The Hall–Kier alpha value is -1.93. The number of carboxylic acid groups (broad SMARTS) is 1. The molecule has 2 amide bonds. The predicted molar refractivity (Wildman–Crippen MR) is 174 cm³/mol. The Balaban J connectivity index is 2.34. The molecule has 0 aliphatic carbocycles. The SMILES string of the molecule is CCCCCCCCC=CCCCCCCCC(=O)NC(CC)CC(C(=O)O)C(C)NC(=O)C1OC(C)(C)OCC1(C)C. The van der Waals surface area contributed by atoms with Crippen LogP contribution in [-0.4, -0.2) is 53.5 Å². The van der Waals surface area contributed by atoms with Gasteiger partial charge in [0.15, 0.2) is 5.79 Å². The highest BCUT2D eigenvalue weighted by Crippen LogP contribution is 2.35. The lowest BCUT2D eigenvalue weighted by atomic mass is 9.84. The second kappa shape index (κ2) is 20.9. The molecule has 4 atom stereocenters. The third-order valence-corrected chi connectivity index (χ3v) is 8.49. The zero-order valence-electron chi connectivity index (χ0n) is 28.5. The summed E-state index contributed by atoms with van der Waals surface area (Å²) in [6, 6.07) is -0.905. The van der Waals surface area contributed by atoms with Crippen molar-refractivity contribution in [2.75, 3.05) is 6.61 Å². The summed E-state index contributed by atoms with van der Waals surface area (Å²) in [6.45, 7) is 13.6. The zero-order valence-corrected chi connectivity index (χ0v) is 28.5. The molecule has 1 fully saturated rings. The minimum Gasteiger partial charge on any atom is -0.481 e. The van der Waals surface area contributed by atoms with E-state index in [-0.39, 0.29) is 24.3 Å². The Morgan fingerprint density at radius 1 is 0.860 bits per heavy atom. The van der Waals surface area contributed by atoms with Gasteiger partial charge in [0.05, 0.1) is 12.5 Å². The van der Waals surface area contributed by atoms with Crippen LogP contribution < -0.4 is 10.6 Å². The van der Waals surface area contributed by atoms with Crippen LogP contribution in [0.15, 0.2) is 12.2 Å². The van der Waals surface area contributed by atoms with Gasteiger partial charge in [-0.2, -0.15) is 0 Å². The van der Waals surface area contributed by atoms with Crippen molar-refractivity contribution in [2.24, 2.45) is 11.3 Å². The molecular weight excluding hydrogens is 544 g/mol. The van der Waals surface area contributed by atoms with Crippen molar-refractivity contribution in [3.05, 3.63) is 12.2 Å². The third-order valence-electron chi connectivity index (χ3n) is 8.49. The van der Waals surface area contributed by atoms with E-state index in [2.05, 4.69) is 29.7 Å². The lowest BCUT2D eigenvalue weighted by Crippen LogP contribution is -2.58. The van der Waals surface area contributed by atoms with Crippen LogP contribution in [0, 0.1) is 11.3 Å². The van der Waals surface area contributed by atoms with E-state index in [0.29, 0.717) is 19.4 Å². The topological polar surface area (TPSA) is 114 Å². The van der Waals surface area contributed by atoms with E-state index in [9.17, 15) is 19.5 Å². The fourth-order valence-electron chi connectivity index (χ4n) is 5.53. The smallest absolute Gasteiger partial charge is 0.308 e. The molecule has 3 N–H and O–H groups in total. The summed E-state index contributed by atoms with van der Waals surface area (Å²) in [5.74, 6) is -3.12. The molecule has 0 bridgehead atoms. The maximum atomic E-state index is 13.1. The van der Waals surface area contributed by atoms with Gasteiger partial charge >= 0.3 is 5.97 Å². The zero-order chi connectivity index (χ0) is 32.3. The second-order valence-corrected chi connectivity index (χ2v) is 13.7. The largest absolute Gasteiger partial charge is 0.481 e. The summed E-state index contributed by atoms with van der Waals surface area (Å²) in [7, 11) is 0. The van der Waals surface area contributed by atoms with Crippen LogP contribution in [-0.2, 0) is 23.9 Å². The molecule has 0 spiro atoms. The number of hydrogen-bond acceptors (Lipinski definition) is 5. The molecule has 43 heavy (non-hydrogen) atoms. The van der Waals surface area contributed by atoms with E-state index in [1.54, 1.807) is 20.8 Å². The van der Waals surface area contributed by atoms with Crippen molar-refractivity contribution in [2.45, 2.75) is 175 Å². The van der Waals surface area contributed by atoms with Crippen LogP contribution in [0.2, 0.25) is 0 Å². The third kappa shape index (κ3) is 16.6. The fourth-order valence-corrected chi connectivity index (χ4v) is 5.53. The number of ether oxygens (including phenoxy) is 2. The Bertz CT molecular complexity index is 840. The van der Waals surface area contributed by atoms with Gasteiger partial charge in [0, 0.05) is 23.9 Å². The molecule has 1 saturated heterocycles. The predicted octanol–water partition coefficient (Wildman–Crippen LogP) is 7.69. The number of aliphatic carboxylic acids is 1. The fraction of sp³-hybridized carbons (Fsp3) is 0.857. The molecule has 250 valence electrons. The van der Waals surface area contributed by atoms with Crippen LogP contribution in [0.1, 0.15) is 151 Å². The number of hydrogen-bond donors (Lipinski definition) is 3. The summed E-state index contributed by atoms with van der Waals surface area (Å²) in [5, 5.41) is 15.9. The lowest BCUT2D eigenvalue weighted by molar-refractivity contribution is -0.304. The number of nitrogens with one attached hydrogen (secondary N) is 2. The molecule has 1 aliphatic heterocycles. The Morgan fingerprint density at radius 2 is 1.42 bits per heavy atom. The van der Waals surface area contributed by atoms with Crippen LogP contribution in [0.4, 0.5) is 0 Å². The van der Waals surface area contributed by atoms with Crippen molar-refractivity contribution in [1.82, 2.24) is 10.6 Å². The normalized spacial score (nSPS) is 19.9. The molecule has 4 unspecified atom stereocenters. The lowest BCUT2D eigenvalue weighted by Gasteiger charge is -2.45. The highest BCUT2D eigenvalue weighted by Gasteiger charge is 2.46. The van der Waals surface area contributed by atoms with Gasteiger partial charge in [0.2, 0.25) is 11.8 Å². The highest BCUT2D eigenvalue weighted by molar-refractivity contribution is 5.83. The van der Waals surface area contributed by atoms with Gasteiger partial charge in [-0.05, 0) is 65.7 Å². The van der Waals surface area contributed by atoms with Crippen LogP contribution >= 0.6 is 0 Å². The Labute approximate surface area is 262 Å². The quantitative estimate of drug-likeness (QED) is 0.0809. The van der Waals surface area contributed by atoms with Crippen molar-refractivity contribution in [3.8, 4) is 0 Å². The molecule has 8 heteroatoms.